The van der Waals surface area contributed by atoms with Crippen LogP contribution >= 0.6 is 0 Å². The van der Waals surface area contributed by atoms with E-state index in [-0.39, 0.29) is 11.8 Å². The predicted octanol–water partition coefficient (Wildman–Crippen LogP) is 1.68. The van der Waals surface area contributed by atoms with Gasteiger partial charge in [0.2, 0.25) is 0 Å². The van der Waals surface area contributed by atoms with Crippen LogP contribution in [0.5, 0.6) is 0 Å². The van der Waals surface area contributed by atoms with Gasteiger partial charge in [0.25, 0.3) is 5.91 Å². The molecule has 1 amide bonds. The molecule has 4 unspecified atom stereocenters. The molecular weight excluding hydrogens is 349 g/mol. The number of nitrogens with zero attached hydrogens (tertiary/aromatic N) is 1. The van der Waals surface area contributed by atoms with Gasteiger partial charge in [-0.25, -0.2) is 0 Å². The standard InChI is InChI=1S/C17H23F3N4O2/c1-24-10-2-3-11(24)7-9(6-10)23-16(25)15(22)13-5-4-12(8-14(13)21)26-17(18,19)20/h4-5,8-11,13-14,22H,2-3,6-7,21H2,1H3,(H,23,25). The number of piperidine rings is 1. The smallest absolute Gasteiger partial charge is 0.406 e. The Bertz CT molecular complexity index is 632. The number of allylic oxidation sites excluding steroid dienone is 1. The zero-order valence-corrected chi connectivity index (χ0v) is 14.4. The zero-order valence-electron chi connectivity index (χ0n) is 14.4. The van der Waals surface area contributed by atoms with Gasteiger partial charge in [-0.15, -0.1) is 13.2 Å². The molecule has 2 bridgehead atoms. The minimum absolute atomic E-state index is 0.0139. The van der Waals surface area contributed by atoms with Crippen LogP contribution in [-0.2, 0) is 9.53 Å². The molecule has 2 saturated heterocycles. The van der Waals surface area contributed by atoms with Crippen molar-refractivity contribution in [2.24, 2.45) is 11.7 Å². The lowest BCUT2D eigenvalue weighted by molar-refractivity contribution is -0.303. The van der Waals surface area contributed by atoms with Crippen LogP contribution in [-0.4, -0.2) is 54.1 Å². The molecule has 0 spiro atoms. The average molecular weight is 372 g/mol. The first-order valence-corrected chi connectivity index (χ1v) is 8.66. The number of fused-ring (bicyclic) bond motifs is 2. The van der Waals surface area contributed by atoms with Crippen molar-refractivity contribution in [2.75, 3.05) is 7.05 Å². The molecule has 4 atom stereocenters. The lowest BCUT2D eigenvalue weighted by Gasteiger charge is -2.36. The van der Waals surface area contributed by atoms with Gasteiger partial charge < -0.3 is 20.7 Å². The number of hydrogen-bond acceptors (Lipinski definition) is 5. The van der Waals surface area contributed by atoms with Gasteiger partial charge in [0.15, 0.2) is 0 Å². The number of carbonyl (C=O) groups is 1. The van der Waals surface area contributed by atoms with Crippen molar-refractivity contribution in [3.05, 3.63) is 24.0 Å². The Morgan fingerprint density at radius 2 is 1.96 bits per heavy atom. The molecule has 9 heteroatoms. The zero-order chi connectivity index (χ0) is 19.1. The first-order valence-electron chi connectivity index (χ1n) is 8.66. The van der Waals surface area contributed by atoms with Gasteiger partial charge in [0.05, 0.1) is 0 Å². The fourth-order valence-electron chi connectivity index (χ4n) is 4.11. The van der Waals surface area contributed by atoms with E-state index in [1.54, 1.807) is 0 Å². The Labute approximate surface area is 149 Å². The maximum absolute atomic E-state index is 12.4. The van der Waals surface area contributed by atoms with Crippen molar-refractivity contribution < 1.29 is 22.7 Å². The van der Waals surface area contributed by atoms with Crippen molar-refractivity contribution in [3.63, 3.8) is 0 Å². The second kappa shape index (κ2) is 7.03. The first kappa shape index (κ1) is 18.9. The first-order chi connectivity index (χ1) is 12.1. The molecule has 144 valence electrons. The quantitative estimate of drug-likeness (QED) is 0.655. The highest BCUT2D eigenvalue weighted by Crippen LogP contribution is 2.34. The third-order valence-electron chi connectivity index (χ3n) is 5.48. The molecule has 1 aliphatic carbocycles. The van der Waals surface area contributed by atoms with E-state index in [4.69, 9.17) is 11.1 Å². The van der Waals surface area contributed by atoms with Gasteiger partial charge >= 0.3 is 6.36 Å². The maximum atomic E-state index is 12.4. The summed E-state index contributed by atoms with van der Waals surface area (Å²) < 4.78 is 40.6. The molecule has 6 nitrogen and oxygen atoms in total. The molecular formula is C17H23F3N4O2. The fraction of sp³-hybridized carbons (Fsp3) is 0.647. The van der Waals surface area contributed by atoms with E-state index in [0.29, 0.717) is 12.1 Å². The van der Waals surface area contributed by atoms with Crippen LogP contribution in [0.4, 0.5) is 13.2 Å². The summed E-state index contributed by atoms with van der Waals surface area (Å²) in [7, 11) is 2.10. The number of ether oxygens (including phenoxy) is 1. The van der Waals surface area contributed by atoms with Crippen molar-refractivity contribution in [3.8, 4) is 0 Å². The van der Waals surface area contributed by atoms with E-state index >= 15 is 0 Å². The SMILES string of the molecule is CN1C2CCC1CC(NC(=O)C(=N)C1C=CC(OC(F)(F)F)=CC1N)C2. The van der Waals surface area contributed by atoms with E-state index in [0.717, 1.165) is 37.8 Å². The number of hydrogen-bond donors (Lipinski definition) is 3. The molecule has 3 aliphatic rings. The Morgan fingerprint density at radius 1 is 1.35 bits per heavy atom. The van der Waals surface area contributed by atoms with E-state index in [1.165, 1.54) is 6.08 Å². The number of halogens is 3. The number of rotatable bonds is 4. The number of alkyl halides is 3. The normalized spacial score (nSPS) is 34.3. The summed E-state index contributed by atoms with van der Waals surface area (Å²) in [5.41, 5.74) is 5.58. The van der Waals surface area contributed by atoms with Gasteiger partial charge in [-0.3, -0.25) is 10.2 Å². The number of amides is 1. The number of nitrogens with two attached hydrogens (primary N) is 1. The second-order valence-electron chi connectivity index (χ2n) is 7.19. The second-order valence-corrected chi connectivity index (χ2v) is 7.19. The summed E-state index contributed by atoms with van der Waals surface area (Å²) in [6, 6.07) is -0.00516. The van der Waals surface area contributed by atoms with Gasteiger partial charge in [0.1, 0.15) is 11.5 Å². The highest BCUT2D eigenvalue weighted by Gasteiger charge is 2.40. The molecule has 0 aromatic rings. The summed E-state index contributed by atoms with van der Waals surface area (Å²) >= 11 is 0. The van der Waals surface area contributed by atoms with Crippen molar-refractivity contribution in [1.29, 1.82) is 5.41 Å². The third kappa shape index (κ3) is 4.09. The number of carbonyl (C=O) groups excluding carboxylic acids is 1. The molecule has 2 heterocycles. The highest BCUT2D eigenvalue weighted by molar-refractivity contribution is 6.39. The summed E-state index contributed by atoms with van der Waals surface area (Å²) in [6.07, 6.45) is 2.62. The maximum Gasteiger partial charge on any atom is 0.573 e. The molecule has 4 N–H and O–H groups in total. The molecule has 0 aromatic heterocycles. The molecule has 0 aromatic carbocycles. The van der Waals surface area contributed by atoms with E-state index in [2.05, 4.69) is 22.0 Å². The largest absolute Gasteiger partial charge is 0.573 e. The van der Waals surface area contributed by atoms with Crippen LogP contribution in [0, 0.1) is 11.3 Å². The molecule has 0 radical (unpaired) electrons. The van der Waals surface area contributed by atoms with Crippen LogP contribution in [0.25, 0.3) is 0 Å². The fourth-order valence-corrected chi connectivity index (χ4v) is 4.11. The molecule has 2 aliphatic heterocycles. The average Bonchev–Trinajstić information content (AvgIpc) is 2.75. The van der Waals surface area contributed by atoms with Crippen LogP contribution in [0.2, 0.25) is 0 Å². The van der Waals surface area contributed by atoms with Crippen LogP contribution in [0.15, 0.2) is 24.0 Å². The van der Waals surface area contributed by atoms with Crippen LogP contribution in [0.1, 0.15) is 25.7 Å². The van der Waals surface area contributed by atoms with Crippen molar-refractivity contribution in [2.45, 2.75) is 56.2 Å². The summed E-state index contributed by atoms with van der Waals surface area (Å²) in [4.78, 5) is 14.8. The van der Waals surface area contributed by atoms with Gasteiger partial charge in [0, 0.05) is 30.1 Å². The van der Waals surface area contributed by atoms with Crippen LogP contribution in [0.3, 0.4) is 0 Å². The predicted molar refractivity (Wildman–Crippen MR) is 89.3 cm³/mol. The number of nitrogens with one attached hydrogen (secondary N) is 2. The minimum Gasteiger partial charge on any atom is -0.406 e. The summed E-state index contributed by atoms with van der Waals surface area (Å²) in [6.45, 7) is 0. The van der Waals surface area contributed by atoms with Gasteiger partial charge in [-0.2, -0.15) is 0 Å². The summed E-state index contributed by atoms with van der Waals surface area (Å²) in [5, 5.41) is 11.0. The highest BCUT2D eigenvalue weighted by atomic mass is 19.4. The minimum atomic E-state index is -4.80. The Hall–Kier alpha value is -1.87. The van der Waals surface area contributed by atoms with E-state index < -0.39 is 30.0 Å². The Morgan fingerprint density at radius 3 is 2.50 bits per heavy atom. The molecule has 0 saturated carbocycles. The van der Waals surface area contributed by atoms with Crippen LogP contribution < -0.4 is 11.1 Å². The van der Waals surface area contributed by atoms with Crippen molar-refractivity contribution in [1.82, 2.24) is 10.2 Å². The topological polar surface area (TPSA) is 91.4 Å². The third-order valence-corrected chi connectivity index (χ3v) is 5.48. The summed E-state index contributed by atoms with van der Waals surface area (Å²) in [5.74, 6) is -1.72. The van der Waals surface area contributed by atoms with Gasteiger partial charge in [-0.05, 0) is 44.9 Å². The Kier molecular flexibility index (Phi) is 5.12. The van der Waals surface area contributed by atoms with Gasteiger partial charge in [-0.1, -0.05) is 6.08 Å². The molecule has 26 heavy (non-hydrogen) atoms. The molecule has 2 fully saturated rings. The van der Waals surface area contributed by atoms with E-state index in [9.17, 15) is 18.0 Å². The monoisotopic (exact) mass is 372 g/mol. The molecule has 3 rings (SSSR count). The van der Waals surface area contributed by atoms with Crippen molar-refractivity contribution >= 4 is 11.6 Å². The lowest BCUT2D eigenvalue weighted by atomic mass is 9.89. The Balaban J connectivity index is 1.56. The van der Waals surface area contributed by atoms with E-state index in [1.807, 2.05) is 0 Å². The lowest BCUT2D eigenvalue weighted by Crippen LogP contribution is -2.51.